The second-order valence-corrected chi connectivity index (χ2v) is 4.99. The van der Waals surface area contributed by atoms with Crippen LogP contribution in [0.5, 0.6) is 0 Å². The number of allylic oxidation sites excluding steroid dienone is 1. The number of hydrogen-bond acceptors (Lipinski definition) is 1. The average Bonchev–Trinajstić information content (AvgIpc) is 1.65. The number of hydrogen-bond donors (Lipinski definition) is 0. The van der Waals surface area contributed by atoms with Crippen LogP contribution in [0.2, 0.25) is 0 Å². The van der Waals surface area contributed by atoms with Crippen molar-refractivity contribution in [1.29, 1.82) is 0 Å². The van der Waals surface area contributed by atoms with E-state index in [1.54, 1.807) is 3.78 Å². The molecule has 3 heteroatoms. The van der Waals surface area contributed by atoms with Crippen LogP contribution in [0.1, 0.15) is 0 Å². The molecule has 1 nitrogen and oxygen atoms in total. The maximum atomic E-state index is 11.8. The number of carbonyl (C=O) groups excluding carboxylic acids is 1. The molecule has 1 rings (SSSR count). The van der Waals surface area contributed by atoms with Gasteiger partial charge in [0.15, 0.2) is 0 Å². The van der Waals surface area contributed by atoms with Gasteiger partial charge in [-0.25, -0.2) is 0 Å². The van der Waals surface area contributed by atoms with Crippen LogP contribution in [0.15, 0.2) is 9.61 Å². The van der Waals surface area contributed by atoms with E-state index in [9.17, 15) is 9.18 Å². The van der Waals surface area contributed by atoms with E-state index in [0.717, 1.165) is 0 Å². The van der Waals surface area contributed by atoms with E-state index in [1.165, 1.54) is 0 Å². The predicted octanol–water partition coefficient (Wildman–Crippen LogP) is -0.114. The van der Waals surface area contributed by atoms with Crippen molar-refractivity contribution in [2.75, 3.05) is 0 Å². The van der Waals surface area contributed by atoms with E-state index in [2.05, 4.69) is 0 Å². The molecule has 0 unspecified atom stereocenters. The molecule has 0 aliphatic carbocycles. The zero-order valence-electron chi connectivity index (χ0n) is 3.39. The van der Waals surface area contributed by atoms with Crippen molar-refractivity contribution in [2.24, 2.45) is 0 Å². The van der Waals surface area contributed by atoms with Crippen LogP contribution in [0.4, 0.5) is 4.39 Å². The number of carbonyl (C=O) groups is 1. The zero-order chi connectivity index (χ0) is 5.28. The molecule has 0 aromatic carbocycles. The van der Waals surface area contributed by atoms with Crippen LogP contribution in [0, 0.1) is 0 Å². The van der Waals surface area contributed by atoms with E-state index in [4.69, 9.17) is 0 Å². The fourth-order valence-corrected chi connectivity index (χ4v) is 1.97. The van der Waals surface area contributed by atoms with Gasteiger partial charge < -0.3 is 0 Å². The number of halogens is 1. The fourth-order valence-electron chi connectivity index (χ4n) is 0.275. The van der Waals surface area contributed by atoms with Crippen LogP contribution >= 0.6 is 0 Å². The molecule has 0 aromatic rings. The quantitative estimate of drug-likeness (QED) is 0.487. The molecule has 0 radical (unpaired) electrons. The first kappa shape index (κ1) is 5.23. The third-order valence-corrected chi connectivity index (χ3v) is 4.38. The maximum absolute atomic E-state index is 11.8. The van der Waals surface area contributed by atoms with Crippen LogP contribution in [-0.2, 0) is 4.79 Å². The van der Waals surface area contributed by atoms with Crippen molar-refractivity contribution in [1.82, 2.24) is 0 Å². The second kappa shape index (κ2) is 1.91. The molecule has 1 aliphatic rings. The Kier molecular flexibility index (Phi) is 1.43. The molecule has 0 aromatic heterocycles. The third-order valence-electron chi connectivity index (χ3n) is 0.673. The van der Waals surface area contributed by atoms with Crippen molar-refractivity contribution < 1.29 is 9.18 Å². The van der Waals surface area contributed by atoms with E-state index in [-0.39, 0.29) is 5.83 Å². The van der Waals surface area contributed by atoms with Crippen molar-refractivity contribution in [3.05, 3.63) is 9.61 Å². The van der Waals surface area contributed by atoms with E-state index in [1.807, 2.05) is 0 Å². The van der Waals surface area contributed by atoms with Gasteiger partial charge in [-0.3, -0.25) is 0 Å². The van der Waals surface area contributed by atoms with Gasteiger partial charge in [-0.2, -0.15) is 0 Å². The van der Waals surface area contributed by atoms with E-state index < -0.39 is 22.8 Å². The molecule has 36 valence electrons. The summed E-state index contributed by atoms with van der Waals surface area (Å²) in [6.45, 7) is 0. The summed E-state index contributed by atoms with van der Waals surface area (Å²) >= 11 is -0.825. The molecule has 0 saturated carbocycles. The minimum absolute atomic E-state index is 0.272. The Morgan fingerprint density at radius 2 is 2.57 bits per heavy atom. The van der Waals surface area contributed by atoms with Gasteiger partial charge in [-0.05, 0) is 0 Å². The summed E-state index contributed by atoms with van der Waals surface area (Å²) < 4.78 is 13.9. The van der Waals surface area contributed by atoms with Crippen LogP contribution < -0.4 is 0 Å². The summed E-state index contributed by atoms with van der Waals surface area (Å²) in [5.41, 5.74) is 0. The molecule has 1 heterocycles. The first-order chi connectivity index (χ1) is 3.34. The Morgan fingerprint density at radius 1 is 1.86 bits per heavy atom. The van der Waals surface area contributed by atoms with Gasteiger partial charge >= 0.3 is 51.0 Å². The van der Waals surface area contributed by atoms with Gasteiger partial charge in [0.25, 0.3) is 0 Å². The minimum atomic E-state index is -0.825. The number of aldehydes is 1. The van der Waals surface area contributed by atoms with Crippen molar-refractivity contribution >= 4 is 32.2 Å². The zero-order valence-corrected chi connectivity index (χ0v) is 6.87. The molecule has 0 fully saturated rings. The Morgan fingerprint density at radius 3 is 2.57 bits per heavy atom. The van der Waals surface area contributed by atoms with Gasteiger partial charge in [0, 0.05) is 0 Å². The Balaban J connectivity index is 2.63. The van der Waals surface area contributed by atoms with Crippen molar-refractivity contribution in [3.8, 4) is 0 Å². The molecular formula is C4H2BiFO. The van der Waals surface area contributed by atoms with Crippen molar-refractivity contribution in [2.45, 2.75) is 0 Å². The number of rotatable bonds is 1. The first-order valence-electron chi connectivity index (χ1n) is 1.73. The van der Waals surface area contributed by atoms with Gasteiger partial charge in [0.2, 0.25) is 0 Å². The van der Waals surface area contributed by atoms with Gasteiger partial charge in [-0.15, -0.1) is 0 Å². The first-order valence-corrected chi connectivity index (χ1v) is 5.48. The molecule has 0 amide bonds. The topological polar surface area (TPSA) is 17.1 Å². The molecule has 0 saturated heterocycles. The van der Waals surface area contributed by atoms with Crippen LogP contribution in [0.25, 0.3) is 0 Å². The summed E-state index contributed by atoms with van der Waals surface area (Å²) in [6.07, 6.45) is 0.631. The monoisotopic (exact) mass is 294 g/mol. The third kappa shape index (κ3) is 0.830. The van der Waals surface area contributed by atoms with Gasteiger partial charge in [-0.1, -0.05) is 0 Å². The normalized spacial score (nSPS) is 16.7. The SMILES string of the molecule is O=C[C]1=[Bi][CH]=C1F. The fraction of sp³-hybridized carbons (Fsp3) is 0. The Labute approximate surface area is 51.3 Å². The summed E-state index contributed by atoms with van der Waals surface area (Å²) in [5.74, 6) is -0.272. The standard InChI is InChI=1S/C4H2FO.Bi/c1-4(5)2-3-6;/h1,3H;. The summed E-state index contributed by atoms with van der Waals surface area (Å²) in [4.78, 5) is 9.72. The molecule has 7 heavy (non-hydrogen) atoms. The van der Waals surface area contributed by atoms with E-state index >= 15 is 0 Å². The van der Waals surface area contributed by atoms with Crippen molar-refractivity contribution in [3.63, 3.8) is 0 Å². The molecule has 0 N–H and O–H groups in total. The Hall–Kier alpha value is 0.0931. The average molecular weight is 294 g/mol. The molecular weight excluding hydrogens is 292 g/mol. The van der Waals surface area contributed by atoms with Crippen LogP contribution in [-0.4, -0.2) is 32.2 Å². The summed E-state index contributed by atoms with van der Waals surface area (Å²) in [5, 5.41) is 0. The van der Waals surface area contributed by atoms with Gasteiger partial charge in [0.05, 0.1) is 0 Å². The predicted molar refractivity (Wildman–Crippen MR) is 26.0 cm³/mol. The summed E-state index contributed by atoms with van der Waals surface area (Å²) in [6, 6.07) is 0. The second-order valence-electron chi connectivity index (χ2n) is 1.11. The van der Waals surface area contributed by atoms with E-state index in [0.29, 0.717) is 9.49 Å². The molecule has 0 spiro atoms. The molecule has 0 atom stereocenters. The van der Waals surface area contributed by atoms with Gasteiger partial charge in [0.1, 0.15) is 0 Å². The molecule has 1 aliphatic heterocycles. The summed E-state index contributed by atoms with van der Waals surface area (Å²) in [7, 11) is 0. The Bertz CT molecular complexity index is 159. The van der Waals surface area contributed by atoms with Crippen LogP contribution in [0.3, 0.4) is 0 Å². The molecule has 0 bridgehead atoms.